The van der Waals surface area contributed by atoms with Crippen LogP contribution in [0.5, 0.6) is 0 Å². The summed E-state index contributed by atoms with van der Waals surface area (Å²) >= 11 is 0. The molecule has 0 aliphatic carbocycles. The van der Waals surface area contributed by atoms with Crippen molar-refractivity contribution < 1.29 is 19.5 Å². The normalized spacial score (nSPS) is 11.7. The van der Waals surface area contributed by atoms with Crippen molar-refractivity contribution in [3.63, 3.8) is 0 Å². The first-order valence-electron chi connectivity index (χ1n) is 12.7. The van der Waals surface area contributed by atoms with Gasteiger partial charge in [-0.15, -0.1) is 0 Å². The van der Waals surface area contributed by atoms with E-state index in [-0.39, 0.29) is 30.7 Å². The third kappa shape index (κ3) is 8.04. The predicted molar refractivity (Wildman–Crippen MR) is 146 cm³/mol. The van der Waals surface area contributed by atoms with Gasteiger partial charge in [-0.05, 0) is 65.6 Å². The fourth-order valence-electron chi connectivity index (χ4n) is 4.33. The summed E-state index contributed by atoms with van der Waals surface area (Å²) in [6.45, 7) is 8.53. The first-order valence-corrected chi connectivity index (χ1v) is 12.7. The Morgan fingerprint density at radius 1 is 0.811 bits per heavy atom. The van der Waals surface area contributed by atoms with Gasteiger partial charge in [-0.25, -0.2) is 0 Å². The van der Waals surface area contributed by atoms with Crippen LogP contribution < -0.4 is 10.6 Å². The van der Waals surface area contributed by atoms with Crippen molar-refractivity contribution >= 4 is 17.8 Å². The molecular formula is C31H36N2O4. The maximum atomic E-state index is 13.3. The summed E-state index contributed by atoms with van der Waals surface area (Å²) in [6.07, 6.45) is 0.259. The number of carbonyl (C=O) groups is 3. The van der Waals surface area contributed by atoms with Crippen LogP contribution in [0.3, 0.4) is 0 Å². The van der Waals surface area contributed by atoms with Crippen molar-refractivity contribution in [3.05, 3.63) is 94.5 Å². The fraction of sp³-hybridized carbons (Fsp3) is 0.323. The van der Waals surface area contributed by atoms with Gasteiger partial charge in [-0.3, -0.25) is 14.4 Å². The molecule has 6 heteroatoms. The van der Waals surface area contributed by atoms with Gasteiger partial charge in [0, 0.05) is 24.6 Å². The maximum Gasteiger partial charge on any atom is 0.304 e. The molecule has 0 spiro atoms. The minimum absolute atomic E-state index is 0.133. The van der Waals surface area contributed by atoms with Crippen molar-refractivity contribution in [3.8, 4) is 11.1 Å². The van der Waals surface area contributed by atoms with Crippen molar-refractivity contribution in [2.75, 3.05) is 0 Å². The Kier molecular flexibility index (Phi) is 9.61. The van der Waals surface area contributed by atoms with Crippen LogP contribution in [0.15, 0.2) is 66.7 Å². The Labute approximate surface area is 219 Å². The molecule has 0 aliphatic heterocycles. The highest BCUT2D eigenvalue weighted by Gasteiger charge is 2.23. The van der Waals surface area contributed by atoms with E-state index in [2.05, 4.69) is 23.6 Å². The zero-order chi connectivity index (χ0) is 26.9. The molecule has 37 heavy (non-hydrogen) atoms. The molecule has 1 atom stereocenters. The van der Waals surface area contributed by atoms with Crippen LogP contribution in [0.1, 0.15) is 59.3 Å². The van der Waals surface area contributed by atoms with Crippen LogP contribution in [0, 0.1) is 25.7 Å². The first kappa shape index (κ1) is 27.7. The third-order valence-corrected chi connectivity index (χ3v) is 6.49. The smallest absolute Gasteiger partial charge is 0.304 e. The van der Waals surface area contributed by atoms with E-state index >= 15 is 0 Å². The lowest BCUT2D eigenvalue weighted by atomic mass is 9.93. The van der Waals surface area contributed by atoms with Gasteiger partial charge < -0.3 is 15.7 Å². The van der Waals surface area contributed by atoms with E-state index in [9.17, 15) is 19.5 Å². The zero-order valence-corrected chi connectivity index (χ0v) is 22.0. The van der Waals surface area contributed by atoms with Gasteiger partial charge >= 0.3 is 5.97 Å². The number of carboxylic acid groups (broad SMARTS) is 1. The molecule has 0 saturated heterocycles. The highest BCUT2D eigenvalue weighted by molar-refractivity contribution is 5.97. The largest absolute Gasteiger partial charge is 0.481 e. The summed E-state index contributed by atoms with van der Waals surface area (Å²) in [6, 6.07) is 21.5. The van der Waals surface area contributed by atoms with Crippen LogP contribution in [0.2, 0.25) is 0 Å². The van der Waals surface area contributed by atoms with Gasteiger partial charge in [0.15, 0.2) is 0 Å². The van der Waals surface area contributed by atoms with Crippen LogP contribution >= 0.6 is 0 Å². The van der Waals surface area contributed by atoms with Gasteiger partial charge in [0.1, 0.15) is 0 Å². The lowest BCUT2D eigenvalue weighted by Gasteiger charge is -2.18. The molecule has 0 saturated carbocycles. The standard InChI is InChI=1S/C31H36N2O4/c1-20(2)14-27(17-29(34)35)30(36)33-19-26-13-12-25(24-8-6-5-7-9-24)16-28(26)31(37)32-18-23-11-10-21(3)22(4)15-23/h5-13,15-16,20,27H,14,17-19H2,1-4H3,(H,32,37)(H,33,36)(H,34,35)/t27-/m1/s1. The van der Waals surface area contributed by atoms with Crippen LogP contribution in [-0.2, 0) is 22.7 Å². The number of benzene rings is 3. The quantitative estimate of drug-likeness (QED) is 0.317. The number of carbonyl (C=O) groups excluding carboxylic acids is 2. The zero-order valence-electron chi connectivity index (χ0n) is 22.0. The number of carboxylic acids is 1. The number of hydrogen-bond donors (Lipinski definition) is 3. The molecule has 3 aromatic carbocycles. The molecule has 3 rings (SSSR count). The van der Waals surface area contributed by atoms with Gasteiger partial charge in [0.05, 0.1) is 6.42 Å². The molecule has 0 bridgehead atoms. The molecular weight excluding hydrogens is 464 g/mol. The lowest BCUT2D eigenvalue weighted by molar-refractivity contribution is -0.141. The Morgan fingerprint density at radius 2 is 1.54 bits per heavy atom. The summed E-state index contributed by atoms with van der Waals surface area (Å²) < 4.78 is 0. The van der Waals surface area contributed by atoms with Crippen LogP contribution in [0.4, 0.5) is 0 Å². The average Bonchev–Trinajstić information content (AvgIpc) is 2.87. The second-order valence-corrected chi connectivity index (χ2v) is 9.98. The van der Waals surface area contributed by atoms with E-state index < -0.39 is 11.9 Å². The van der Waals surface area contributed by atoms with E-state index in [1.165, 1.54) is 11.1 Å². The van der Waals surface area contributed by atoms with Crippen molar-refractivity contribution in [2.45, 2.75) is 53.6 Å². The summed E-state index contributed by atoms with van der Waals surface area (Å²) in [4.78, 5) is 37.5. The summed E-state index contributed by atoms with van der Waals surface area (Å²) in [5.41, 5.74) is 6.40. The third-order valence-electron chi connectivity index (χ3n) is 6.49. The SMILES string of the molecule is Cc1ccc(CNC(=O)c2cc(-c3ccccc3)ccc2CNC(=O)[C@@H](CC(=O)O)CC(C)C)cc1C. The number of nitrogens with one attached hydrogen (secondary N) is 2. The number of hydrogen-bond acceptors (Lipinski definition) is 3. The summed E-state index contributed by atoms with van der Waals surface area (Å²) in [7, 11) is 0. The van der Waals surface area contributed by atoms with E-state index in [4.69, 9.17) is 0 Å². The second-order valence-electron chi connectivity index (χ2n) is 9.98. The minimum atomic E-state index is -1.00. The molecule has 0 aromatic heterocycles. The first-order chi connectivity index (χ1) is 17.6. The Balaban J connectivity index is 1.83. The monoisotopic (exact) mass is 500 g/mol. The number of amides is 2. The van der Waals surface area contributed by atoms with Gasteiger partial charge in [0.2, 0.25) is 5.91 Å². The van der Waals surface area contributed by atoms with Crippen molar-refractivity contribution in [2.24, 2.45) is 11.8 Å². The highest BCUT2D eigenvalue weighted by Crippen LogP contribution is 2.23. The maximum absolute atomic E-state index is 13.3. The van der Waals surface area contributed by atoms with E-state index in [1.54, 1.807) is 0 Å². The highest BCUT2D eigenvalue weighted by atomic mass is 16.4. The van der Waals surface area contributed by atoms with Gasteiger partial charge in [-0.2, -0.15) is 0 Å². The molecule has 0 fully saturated rings. The Bertz CT molecular complexity index is 1250. The summed E-state index contributed by atoms with van der Waals surface area (Å²) in [5, 5.41) is 15.1. The molecule has 0 aliphatic rings. The molecule has 6 nitrogen and oxygen atoms in total. The number of aliphatic carboxylic acids is 1. The van der Waals surface area contributed by atoms with E-state index in [0.29, 0.717) is 24.1 Å². The molecule has 0 heterocycles. The number of aryl methyl sites for hydroxylation is 2. The molecule has 3 N–H and O–H groups in total. The van der Waals surface area contributed by atoms with Crippen molar-refractivity contribution in [1.82, 2.24) is 10.6 Å². The van der Waals surface area contributed by atoms with E-state index in [0.717, 1.165) is 16.7 Å². The number of rotatable bonds is 11. The minimum Gasteiger partial charge on any atom is -0.481 e. The Hall–Kier alpha value is -3.93. The predicted octanol–water partition coefficient (Wildman–Crippen LogP) is 5.65. The second kappa shape index (κ2) is 12.9. The van der Waals surface area contributed by atoms with Crippen LogP contribution in [0.25, 0.3) is 11.1 Å². The van der Waals surface area contributed by atoms with Crippen molar-refractivity contribution in [1.29, 1.82) is 0 Å². The van der Waals surface area contributed by atoms with Gasteiger partial charge in [-0.1, -0.05) is 74.5 Å². The van der Waals surface area contributed by atoms with Crippen LogP contribution in [-0.4, -0.2) is 22.9 Å². The molecule has 0 radical (unpaired) electrons. The molecule has 2 amide bonds. The van der Waals surface area contributed by atoms with Gasteiger partial charge in [0.25, 0.3) is 5.91 Å². The molecule has 3 aromatic rings. The topological polar surface area (TPSA) is 95.5 Å². The molecule has 194 valence electrons. The fourth-order valence-corrected chi connectivity index (χ4v) is 4.33. The Morgan fingerprint density at radius 3 is 2.19 bits per heavy atom. The molecule has 0 unspecified atom stereocenters. The lowest BCUT2D eigenvalue weighted by Crippen LogP contribution is -2.33. The average molecular weight is 501 g/mol. The summed E-state index contributed by atoms with van der Waals surface area (Å²) in [5.74, 6) is -1.98. The van der Waals surface area contributed by atoms with E-state index in [1.807, 2.05) is 81.4 Å².